The van der Waals surface area contributed by atoms with Gasteiger partial charge in [0.05, 0.1) is 12.7 Å². The van der Waals surface area contributed by atoms with Crippen LogP contribution in [0.1, 0.15) is 30.6 Å². The fourth-order valence-electron chi connectivity index (χ4n) is 1.65. The van der Waals surface area contributed by atoms with E-state index in [4.69, 9.17) is 9.47 Å². The molecule has 1 rings (SSSR count). The standard InChI is InChI=1S/C15H22FNO3/c1-11(2)10-20-8-4-7-17-15(18)13-9-12(16)5-6-14(13)19-3/h5-6,9,11H,4,7-8,10H2,1-3H3,(H,17,18). The first-order chi connectivity index (χ1) is 9.54. The molecule has 0 bridgehead atoms. The van der Waals surface area contributed by atoms with E-state index in [1.54, 1.807) is 0 Å². The Balaban J connectivity index is 2.37. The van der Waals surface area contributed by atoms with Gasteiger partial charge < -0.3 is 14.8 Å². The highest BCUT2D eigenvalue weighted by Crippen LogP contribution is 2.18. The fourth-order valence-corrected chi connectivity index (χ4v) is 1.65. The maximum absolute atomic E-state index is 13.2. The van der Waals surface area contributed by atoms with Crippen molar-refractivity contribution in [3.63, 3.8) is 0 Å². The van der Waals surface area contributed by atoms with Crippen molar-refractivity contribution in [2.24, 2.45) is 5.92 Å². The predicted molar refractivity (Wildman–Crippen MR) is 75.6 cm³/mol. The second kappa shape index (κ2) is 8.53. The van der Waals surface area contributed by atoms with Gasteiger partial charge in [-0.15, -0.1) is 0 Å². The van der Waals surface area contributed by atoms with Gasteiger partial charge >= 0.3 is 0 Å². The van der Waals surface area contributed by atoms with Crippen molar-refractivity contribution in [1.82, 2.24) is 5.32 Å². The number of ether oxygens (including phenoxy) is 2. The number of methoxy groups -OCH3 is 1. The quantitative estimate of drug-likeness (QED) is 0.746. The fraction of sp³-hybridized carbons (Fsp3) is 0.533. The number of benzene rings is 1. The number of rotatable bonds is 8. The average Bonchev–Trinajstić information content (AvgIpc) is 2.42. The first-order valence-electron chi connectivity index (χ1n) is 6.74. The number of nitrogens with one attached hydrogen (secondary N) is 1. The van der Waals surface area contributed by atoms with Crippen molar-refractivity contribution in [2.45, 2.75) is 20.3 Å². The topological polar surface area (TPSA) is 47.6 Å². The Bertz CT molecular complexity index is 435. The van der Waals surface area contributed by atoms with Gasteiger partial charge in [-0.25, -0.2) is 4.39 Å². The van der Waals surface area contributed by atoms with Crippen LogP contribution in [0.4, 0.5) is 4.39 Å². The molecule has 0 aliphatic carbocycles. The van der Waals surface area contributed by atoms with Crippen molar-refractivity contribution in [3.05, 3.63) is 29.6 Å². The SMILES string of the molecule is COc1ccc(F)cc1C(=O)NCCCOCC(C)C. The summed E-state index contributed by atoms with van der Waals surface area (Å²) < 4.78 is 23.6. The molecule has 0 heterocycles. The predicted octanol–water partition coefficient (Wildman–Crippen LogP) is 2.63. The number of hydrogen-bond donors (Lipinski definition) is 1. The van der Waals surface area contributed by atoms with Gasteiger partial charge in [-0.2, -0.15) is 0 Å². The van der Waals surface area contributed by atoms with E-state index in [9.17, 15) is 9.18 Å². The maximum atomic E-state index is 13.2. The molecule has 20 heavy (non-hydrogen) atoms. The second-order valence-corrected chi connectivity index (χ2v) is 4.92. The van der Waals surface area contributed by atoms with E-state index in [2.05, 4.69) is 19.2 Å². The van der Waals surface area contributed by atoms with Gasteiger partial charge in [-0.05, 0) is 30.5 Å². The lowest BCUT2D eigenvalue weighted by Gasteiger charge is -2.10. The Labute approximate surface area is 119 Å². The lowest BCUT2D eigenvalue weighted by Crippen LogP contribution is -2.26. The summed E-state index contributed by atoms with van der Waals surface area (Å²) in [6, 6.07) is 3.87. The highest BCUT2D eigenvalue weighted by Gasteiger charge is 2.12. The highest BCUT2D eigenvalue weighted by molar-refractivity contribution is 5.96. The molecule has 0 aromatic heterocycles. The molecule has 0 saturated carbocycles. The van der Waals surface area contributed by atoms with Crippen LogP contribution in [0, 0.1) is 11.7 Å². The van der Waals surface area contributed by atoms with Crippen LogP contribution in [0.2, 0.25) is 0 Å². The van der Waals surface area contributed by atoms with Gasteiger partial charge in [0.1, 0.15) is 11.6 Å². The van der Waals surface area contributed by atoms with Gasteiger partial charge in [0.15, 0.2) is 0 Å². The Morgan fingerprint density at radius 1 is 1.40 bits per heavy atom. The van der Waals surface area contributed by atoms with Crippen molar-refractivity contribution in [1.29, 1.82) is 0 Å². The van der Waals surface area contributed by atoms with Crippen molar-refractivity contribution in [3.8, 4) is 5.75 Å². The molecule has 0 spiro atoms. The van der Waals surface area contributed by atoms with Crippen LogP contribution in [-0.4, -0.2) is 32.8 Å². The summed E-state index contributed by atoms with van der Waals surface area (Å²) in [5.41, 5.74) is 0.204. The molecule has 0 saturated heterocycles. The molecule has 0 fully saturated rings. The molecule has 4 nitrogen and oxygen atoms in total. The molecule has 0 atom stereocenters. The Morgan fingerprint density at radius 3 is 2.80 bits per heavy atom. The van der Waals surface area contributed by atoms with E-state index in [-0.39, 0.29) is 11.5 Å². The third kappa shape index (κ3) is 5.57. The van der Waals surface area contributed by atoms with E-state index in [0.717, 1.165) is 6.42 Å². The zero-order valence-corrected chi connectivity index (χ0v) is 12.2. The summed E-state index contributed by atoms with van der Waals surface area (Å²) in [7, 11) is 1.45. The third-order valence-electron chi connectivity index (χ3n) is 2.61. The van der Waals surface area contributed by atoms with Crippen LogP contribution >= 0.6 is 0 Å². The van der Waals surface area contributed by atoms with Gasteiger partial charge in [0, 0.05) is 19.8 Å². The molecule has 1 aromatic carbocycles. The van der Waals surface area contributed by atoms with Crippen LogP contribution in [0.3, 0.4) is 0 Å². The van der Waals surface area contributed by atoms with Crippen LogP contribution in [0.25, 0.3) is 0 Å². The molecule has 112 valence electrons. The second-order valence-electron chi connectivity index (χ2n) is 4.92. The molecule has 5 heteroatoms. The van der Waals surface area contributed by atoms with Crippen molar-refractivity contribution < 1.29 is 18.7 Å². The first kappa shape index (κ1) is 16.4. The number of carbonyl (C=O) groups is 1. The van der Waals surface area contributed by atoms with E-state index in [1.807, 2.05) is 0 Å². The molecule has 0 aliphatic rings. The molecular formula is C15H22FNO3. The maximum Gasteiger partial charge on any atom is 0.255 e. The lowest BCUT2D eigenvalue weighted by atomic mass is 10.2. The molecular weight excluding hydrogens is 261 g/mol. The smallest absolute Gasteiger partial charge is 0.255 e. The average molecular weight is 283 g/mol. The summed E-state index contributed by atoms with van der Waals surface area (Å²) in [5, 5.41) is 2.72. The highest BCUT2D eigenvalue weighted by atomic mass is 19.1. The minimum Gasteiger partial charge on any atom is -0.496 e. The Morgan fingerprint density at radius 2 is 2.15 bits per heavy atom. The summed E-state index contributed by atoms with van der Waals surface area (Å²) in [6.07, 6.45) is 0.718. The molecule has 0 radical (unpaired) electrons. The van der Waals surface area contributed by atoms with Gasteiger partial charge in [0.25, 0.3) is 5.91 Å². The van der Waals surface area contributed by atoms with E-state index >= 15 is 0 Å². The number of halogens is 1. The first-order valence-corrected chi connectivity index (χ1v) is 6.74. The van der Waals surface area contributed by atoms with E-state index in [0.29, 0.717) is 31.4 Å². The van der Waals surface area contributed by atoms with Crippen LogP contribution in [0.15, 0.2) is 18.2 Å². The van der Waals surface area contributed by atoms with Crippen molar-refractivity contribution >= 4 is 5.91 Å². The van der Waals surface area contributed by atoms with Gasteiger partial charge in [0.2, 0.25) is 0 Å². The summed E-state index contributed by atoms with van der Waals surface area (Å²) in [4.78, 5) is 11.9. The minimum atomic E-state index is -0.462. The largest absolute Gasteiger partial charge is 0.496 e. The van der Waals surface area contributed by atoms with Crippen LogP contribution in [0.5, 0.6) is 5.75 Å². The molecule has 1 aromatic rings. The van der Waals surface area contributed by atoms with Crippen LogP contribution in [-0.2, 0) is 4.74 Å². The molecule has 0 aliphatic heterocycles. The zero-order chi connectivity index (χ0) is 15.0. The van der Waals surface area contributed by atoms with E-state index in [1.165, 1.54) is 25.3 Å². The number of amides is 1. The third-order valence-corrected chi connectivity index (χ3v) is 2.61. The Hall–Kier alpha value is -1.62. The zero-order valence-electron chi connectivity index (χ0n) is 12.2. The minimum absolute atomic E-state index is 0.204. The molecule has 0 unspecified atom stereocenters. The summed E-state index contributed by atoms with van der Waals surface area (Å²) in [5.74, 6) is 0.0579. The summed E-state index contributed by atoms with van der Waals surface area (Å²) in [6.45, 7) is 5.96. The van der Waals surface area contributed by atoms with Crippen LogP contribution < -0.4 is 10.1 Å². The van der Waals surface area contributed by atoms with E-state index < -0.39 is 5.82 Å². The number of carbonyl (C=O) groups excluding carboxylic acids is 1. The van der Waals surface area contributed by atoms with Gasteiger partial charge in [-0.3, -0.25) is 4.79 Å². The lowest BCUT2D eigenvalue weighted by molar-refractivity contribution is 0.0922. The monoisotopic (exact) mass is 283 g/mol. The normalized spacial score (nSPS) is 10.7. The summed E-state index contributed by atoms with van der Waals surface area (Å²) >= 11 is 0. The molecule has 1 N–H and O–H groups in total. The van der Waals surface area contributed by atoms with Crippen molar-refractivity contribution in [2.75, 3.05) is 26.9 Å². The van der Waals surface area contributed by atoms with Gasteiger partial charge in [-0.1, -0.05) is 13.8 Å². The number of hydrogen-bond acceptors (Lipinski definition) is 3. The molecule has 1 amide bonds. The Kier molecular flexibility index (Phi) is 7.01.